The van der Waals surface area contributed by atoms with Gasteiger partial charge in [-0.25, -0.2) is 4.79 Å². The van der Waals surface area contributed by atoms with Crippen molar-refractivity contribution in [1.82, 2.24) is 10.6 Å². The standard InChI is InChI=1S/C12H24N2O3/c1-11(2,3)9(15)13-7-8-14-10(16)17-12(4,5)6/h7-8H2,1-6H3,(H,13,15)(H,14,16). The van der Waals surface area contributed by atoms with E-state index in [1.54, 1.807) is 20.8 Å². The Kier molecular flexibility index (Phi) is 5.45. The molecule has 0 radical (unpaired) electrons. The lowest BCUT2D eigenvalue weighted by Crippen LogP contribution is -2.41. The van der Waals surface area contributed by atoms with Crippen LogP contribution in [0.5, 0.6) is 0 Å². The molecular weight excluding hydrogens is 220 g/mol. The van der Waals surface area contributed by atoms with Crippen LogP contribution in [0.25, 0.3) is 0 Å². The molecule has 2 amide bonds. The van der Waals surface area contributed by atoms with Crippen LogP contribution in [-0.2, 0) is 9.53 Å². The molecule has 0 aromatic carbocycles. The van der Waals surface area contributed by atoms with Crippen LogP contribution in [0.2, 0.25) is 0 Å². The minimum atomic E-state index is -0.501. The molecule has 0 aliphatic carbocycles. The normalized spacial score (nSPS) is 11.9. The maximum Gasteiger partial charge on any atom is 0.407 e. The van der Waals surface area contributed by atoms with Gasteiger partial charge in [-0.15, -0.1) is 0 Å². The van der Waals surface area contributed by atoms with Crippen molar-refractivity contribution < 1.29 is 14.3 Å². The van der Waals surface area contributed by atoms with Crippen molar-refractivity contribution in [1.29, 1.82) is 0 Å². The van der Waals surface area contributed by atoms with E-state index in [0.717, 1.165) is 0 Å². The molecule has 0 aliphatic heterocycles. The zero-order valence-corrected chi connectivity index (χ0v) is 11.6. The van der Waals surface area contributed by atoms with Crippen LogP contribution in [0.3, 0.4) is 0 Å². The van der Waals surface area contributed by atoms with E-state index in [2.05, 4.69) is 10.6 Å². The Balaban J connectivity index is 3.73. The fourth-order valence-electron chi connectivity index (χ4n) is 0.920. The second kappa shape index (κ2) is 5.89. The first-order valence-corrected chi connectivity index (χ1v) is 5.77. The molecule has 0 saturated carbocycles. The molecule has 0 saturated heterocycles. The van der Waals surface area contributed by atoms with Gasteiger partial charge in [0.1, 0.15) is 5.60 Å². The smallest absolute Gasteiger partial charge is 0.407 e. The quantitative estimate of drug-likeness (QED) is 0.742. The zero-order valence-electron chi connectivity index (χ0n) is 11.6. The summed E-state index contributed by atoms with van der Waals surface area (Å²) in [5, 5.41) is 5.30. The third-order valence-electron chi connectivity index (χ3n) is 1.76. The van der Waals surface area contributed by atoms with Crippen LogP contribution >= 0.6 is 0 Å². The molecule has 0 rings (SSSR count). The molecule has 0 aromatic rings. The molecule has 0 aliphatic rings. The highest BCUT2D eigenvalue weighted by Crippen LogP contribution is 2.11. The maximum atomic E-state index is 11.5. The summed E-state index contributed by atoms with van der Waals surface area (Å²) in [6, 6.07) is 0. The van der Waals surface area contributed by atoms with Crippen molar-refractivity contribution in [3.8, 4) is 0 Å². The van der Waals surface area contributed by atoms with Crippen LogP contribution in [0, 0.1) is 5.41 Å². The van der Waals surface area contributed by atoms with Crippen molar-refractivity contribution in [2.24, 2.45) is 5.41 Å². The molecule has 0 spiro atoms. The number of hydrogen-bond acceptors (Lipinski definition) is 3. The van der Waals surface area contributed by atoms with Gasteiger partial charge in [-0.05, 0) is 20.8 Å². The second-order valence-electron chi connectivity index (χ2n) is 5.93. The predicted octanol–water partition coefficient (Wildman–Crippen LogP) is 1.67. The van der Waals surface area contributed by atoms with Crippen molar-refractivity contribution in [3.05, 3.63) is 0 Å². The SMILES string of the molecule is CC(C)(C)OC(=O)NCCNC(=O)C(C)(C)C. The minimum absolute atomic E-state index is 0.0384. The van der Waals surface area contributed by atoms with Crippen LogP contribution in [0.4, 0.5) is 4.79 Å². The highest BCUT2D eigenvalue weighted by molar-refractivity contribution is 5.81. The largest absolute Gasteiger partial charge is 0.444 e. The number of carbonyl (C=O) groups is 2. The molecule has 0 bridgehead atoms. The molecule has 17 heavy (non-hydrogen) atoms. The Morgan fingerprint density at radius 2 is 1.41 bits per heavy atom. The summed E-state index contributed by atoms with van der Waals surface area (Å²) in [7, 11) is 0. The summed E-state index contributed by atoms with van der Waals surface area (Å²) in [4.78, 5) is 22.7. The van der Waals surface area contributed by atoms with Gasteiger partial charge < -0.3 is 15.4 Å². The topological polar surface area (TPSA) is 67.4 Å². The molecule has 5 heteroatoms. The van der Waals surface area contributed by atoms with Crippen molar-refractivity contribution in [2.45, 2.75) is 47.1 Å². The van der Waals surface area contributed by atoms with Gasteiger partial charge in [0.2, 0.25) is 5.91 Å². The Bertz CT molecular complexity index is 274. The van der Waals surface area contributed by atoms with E-state index in [1.165, 1.54) is 0 Å². The number of nitrogens with one attached hydrogen (secondary N) is 2. The summed E-state index contributed by atoms with van der Waals surface area (Å²) in [5.41, 5.74) is -0.912. The Morgan fingerprint density at radius 3 is 1.82 bits per heavy atom. The number of amides is 2. The van der Waals surface area contributed by atoms with Gasteiger partial charge in [0.05, 0.1) is 0 Å². The van der Waals surface area contributed by atoms with Crippen molar-refractivity contribution >= 4 is 12.0 Å². The van der Waals surface area contributed by atoms with E-state index in [1.807, 2.05) is 20.8 Å². The van der Waals surface area contributed by atoms with E-state index in [9.17, 15) is 9.59 Å². The maximum absolute atomic E-state index is 11.5. The Labute approximate surface area is 103 Å². The fourth-order valence-corrected chi connectivity index (χ4v) is 0.920. The highest BCUT2D eigenvalue weighted by Gasteiger charge is 2.20. The van der Waals surface area contributed by atoms with Crippen molar-refractivity contribution in [2.75, 3.05) is 13.1 Å². The molecule has 2 N–H and O–H groups in total. The number of carbonyl (C=O) groups excluding carboxylic acids is 2. The molecule has 0 unspecified atom stereocenters. The first kappa shape index (κ1) is 15.7. The van der Waals surface area contributed by atoms with Gasteiger partial charge in [-0.2, -0.15) is 0 Å². The fraction of sp³-hybridized carbons (Fsp3) is 0.833. The third kappa shape index (κ3) is 8.54. The molecule has 100 valence electrons. The van der Waals surface area contributed by atoms with E-state index < -0.39 is 17.1 Å². The molecule has 0 atom stereocenters. The average molecular weight is 244 g/mol. The lowest BCUT2D eigenvalue weighted by Gasteiger charge is -2.20. The summed E-state index contributed by atoms with van der Waals surface area (Å²) in [5.74, 6) is -0.0384. The van der Waals surface area contributed by atoms with E-state index in [0.29, 0.717) is 13.1 Å². The van der Waals surface area contributed by atoms with Gasteiger partial charge in [-0.3, -0.25) is 4.79 Å². The summed E-state index contributed by atoms with van der Waals surface area (Å²) in [6.07, 6.45) is -0.470. The summed E-state index contributed by atoms with van der Waals surface area (Å²) < 4.78 is 5.05. The number of rotatable bonds is 3. The highest BCUT2D eigenvalue weighted by atomic mass is 16.6. The lowest BCUT2D eigenvalue weighted by molar-refractivity contribution is -0.128. The summed E-state index contributed by atoms with van der Waals surface area (Å²) in [6.45, 7) is 11.7. The van der Waals surface area contributed by atoms with Gasteiger partial charge in [0.25, 0.3) is 0 Å². The van der Waals surface area contributed by atoms with Gasteiger partial charge in [0, 0.05) is 18.5 Å². The van der Waals surface area contributed by atoms with Crippen LogP contribution in [-0.4, -0.2) is 30.7 Å². The van der Waals surface area contributed by atoms with Crippen LogP contribution in [0.1, 0.15) is 41.5 Å². The van der Waals surface area contributed by atoms with Gasteiger partial charge >= 0.3 is 6.09 Å². The van der Waals surface area contributed by atoms with Gasteiger partial charge in [-0.1, -0.05) is 20.8 Å². The second-order valence-corrected chi connectivity index (χ2v) is 5.93. The first-order valence-electron chi connectivity index (χ1n) is 5.77. The third-order valence-corrected chi connectivity index (χ3v) is 1.76. The predicted molar refractivity (Wildman–Crippen MR) is 66.7 cm³/mol. The zero-order chi connectivity index (χ0) is 13.7. The molecule has 0 fully saturated rings. The summed E-state index contributed by atoms with van der Waals surface area (Å²) >= 11 is 0. The average Bonchev–Trinajstić information content (AvgIpc) is 2.07. The van der Waals surface area contributed by atoms with Crippen LogP contribution < -0.4 is 10.6 Å². The number of hydrogen-bond donors (Lipinski definition) is 2. The van der Waals surface area contributed by atoms with Crippen LogP contribution in [0.15, 0.2) is 0 Å². The lowest BCUT2D eigenvalue weighted by atomic mass is 9.96. The molecule has 5 nitrogen and oxygen atoms in total. The van der Waals surface area contributed by atoms with Crippen molar-refractivity contribution in [3.63, 3.8) is 0 Å². The Hall–Kier alpha value is -1.26. The molecule has 0 heterocycles. The minimum Gasteiger partial charge on any atom is -0.444 e. The monoisotopic (exact) mass is 244 g/mol. The number of ether oxygens (including phenoxy) is 1. The number of alkyl carbamates (subject to hydrolysis) is 1. The molecule has 0 aromatic heterocycles. The van der Waals surface area contributed by atoms with E-state index in [-0.39, 0.29) is 5.91 Å². The first-order chi connectivity index (χ1) is 7.52. The van der Waals surface area contributed by atoms with Gasteiger partial charge in [0.15, 0.2) is 0 Å². The van der Waals surface area contributed by atoms with E-state index >= 15 is 0 Å². The Morgan fingerprint density at radius 1 is 0.941 bits per heavy atom. The van der Waals surface area contributed by atoms with E-state index in [4.69, 9.17) is 4.74 Å². The molecular formula is C12H24N2O3.